The minimum absolute atomic E-state index is 0.0281. The summed E-state index contributed by atoms with van der Waals surface area (Å²) in [6.45, 7) is 3.12. The molecular formula is C14H16N4O. The van der Waals surface area contributed by atoms with E-state index in [4.69, 9.17) is 5.73 Å². The van der Waals surface area contributed by atoms with Gasteiger partial charge in [0.05, 0.1) is 11.3 Å². The Hall–Kier alpha value is -2.30. The SMILES string of the molecule is Cc1nn(C)cc1C(=O)N1Cc2ccc(N)cc2C1. The molecule has 19 heavy (non-hydrogen) atoms. The Morgan fingerprint density at radius 3 is 2.74 bits per heavy atom. The quantitative estimate of drug-likeness (QED) is 0.786. The molecular weight excluding hydrogens is 240 g/mol. The van der Waals surface area contributed by atoms with Gasteiger partial charge in [-0.1, -0.05) is 6.07 Å². The summed E-state index contributed by atoms with van der Waals surface area (Å²) in [5.74, 6) is 0.0281. The standard InChI is InChI=1S/C14H16N4O/c1-9-13(8-17(2)16-9)14(19)18-6-10-3-4-12(15)5-11(10)7-18/h3-5,8H,6-7,15H2,1-2H3. The van der Waals surface area contributed by atoms with Crippen LogP contribution in [-0.2, 0) is 20.1 Å². The summed E-state index contributed by atoms with van der Waals surface area (Å²) < 4.78 is 1.67. The van der Waals surface area contributed by atoms with Gasteiger partial charge in [-0.05, 0) is 30.2 Å². The molecule has 1 amide bonds. The molecule has 0 fully saturated rings. The second kappa shape index (κ2) is 4.12. The van der Waals surface area contributed by atoms with E-state index in [2.05, 4.69) is 5.10 Å². The molecule has 0 unspecified atom stereocenters. The molecule has 1 aromatic carbocycles. The lowest BCUT2D eigenvalue weighted by atomic mass is 10.1. The fourth-order valence-corrected chi connectivity index (χ4v) is 2.54. The van der Waals surface area contributed by atoms with Crippen LogP contribution >= 0.6 is 0 Å². The summed E-state index contributed by atoms with van der Waals surface area (Å²) in [5.41, 5.74) is 10.3. The minimum Gasteiger partial charge on any atom is -0.399 e. The maximum Gasteiger partial charge on any atom is 0.257 e. The zero-order valence-corrected chi connectivity index (χ0v) is 11.1. The smallest absolute Gasteiger partial charge is 0.257 e. The number of benzene rings is 1. The van der Waals surface area contributed by atoms with E-state index >= 15 is 0 Å². The number of hydrogen-bond donors (Lipinski definition) is 1. The van der Waals surface area contributed by atoms with Gasteiger partial charge >= 0.3 is 0 Å². The molecule has 0 aliphatic carbocycles. The highest BCUT2D eigenvalue weighted by Crippen LogP contribution is 2.26. The monoisotopic (exact) mass is 256 g/mol. The van der Waals surface area contributed by atoms with E-state index in [9.17, 15) is 4.79 Å². The normalized spacial score (nSPS) is 13.7. The average Bonchev–Trinajstić information content (AvgIpc) is 2.91. The van der Waals surface area contributed by atoms with Gasteiger partial charge in [-0.15, -0.1) is 0 Å². The average molecular weight is 256 g/mol. The molecule has 5 heteroatoms. The van der Waals surface area contributed by atoms with Crippen LogP contribution < -0.4 is 5.73 Å². The molecule has 3 rings (SSSR count). The van der Waals surface area contributed by atoms with Gasteiger partial charge < -0.3 is 10.6 Å². The van der Waals surface area contributed by atoms with Gasteiger partial charge in [0.1, 0.15) is 0 Å². The molecule has 0 saturated carbocycles. The van der Waals surface area contributed by atoms with Crippen molar-refractivity contribution in [3.8, 4) is 0 Å². The van der Waals surface area contributed by atoms with Gasteiger partial charge in [-0.25, -0.2) is 0 Å². The lowest BCUT2D eigenvalue weighted by Gasteiger charge is -2.14. The van der Waals surface area contributed by atoms with Gasteiger partial charge in [-0.2, -0.15) is 5.10 Å². The predicted molar refractivity (Wildman–Crippen MR) is 72.4 cm³/mol. The molecule has 2 N–H and O–H groups in total. The van der Waals surface area contributed by atoms with Crippen molar-refractivity contribution in [2.75, 3.05) is 5.73 Å². The summed E-state index contributed by atoms with van der Waals surface area (Å²) in [6, 6.07) is 5.81. The van der Waals surface area contributed by atoms with Crippen LogP contribution in [0.2, 0.25) is 0 Å². The van der Waals surface area contributed by atoms with Crippen LogP contribution in [0.5, 0.6) is 0 Å². The topological polar surface area (TPSA) is 64.2 Å². The Kier molecular flexibility index (Phi) is 2.55. The number of hydrogen-bond acceptors (Lipinski definition) is 3. The van der Waals surface area contributed by atoms with E-state index in [-0.39, 0.29) is 5.91 Å². The fraction of sp³-hybridized carbons (Fsp3) is 0.286. The summed E-state index contributed by atoms with van der Waals surface area (Å²) in [6.07, 6.45) is 1.77. The Morgan fingerprint density at radius 2 is 2.05 bits per heavy atom. The molecule has 1 aromatic heterocycles. The molecule has 0 bridgehead atoms. The van der Waals surface area contributed by atoms with Crippen molar-refractivity contribution in [2.24, 2.45) is 7.05 Å². The minimum atomic E-state index is 0.0281. The third-order valence-electron chi connectivity index (χ3n) is 3.48. The molecule has 0 saturated heterocycles. The lowest BCUT2D eigenvalue weighted by molar-refractivity contribution is 0.0750. The number of nitrogen functional groups attached to an aromatic ring is 1. The Morgan fingerprint density at radius 1 is 1.32 bits per heavy atom. The first-order chi connectivity index (χ1) is 9.04. The number of aryl methyl sites for hydroxylation is 2. The molecule has 0 radical (unpaired) electrons. The van der Waals surface area contributed by atoms with Crippen molar-refractivity contribution in [1.82, 2.24) is 14.7 Å². The summed E-state index contributed by atoms with van der Waals surface area (Å²) in [7, 11) is 1.82. The molecule has 5 nitrogen and oxygen atoms in total. The van der Waals surface area contributed by atoms with Crippen LogP contribution in [0.3, 0.4) is 0 Å². The Bertz CT molecular complexity index is 659. The molecule has 98 valence electrons. The van der Waals surface area contributed by atoms with Crippen LogP contribution in [0.1, 0.15) is 27.2 Å². The maximum absolute atomic E-state index is 12.5. The first kappa shape index (κ1) is 11.8. The van der Waals surface area contributed by atoms with E-state index in [1.807, 2.05) is 37.1 Å². The van der Waals surface area contributed by atoms with Crippen molar-refractivity contribution in [3.05, 3.63) is 46.8 Å². The van der Waals surface area contributed by atoms with Crippen LogP contribution in [0, 0.1) is 6.92 Å². The summed E-state index contributed by atoms with van der Waals surface area (Å²) >= 11 is 0. The number of nitrogens with two attached hydrogens (primary N) is 1. The van der Waals surface area contributed by atoms with E-state index < -0.39 is 0 Å². The number of amides is 1. The lowest BCUT2D eigenvalue weighted by Crippen LogP contribution is -2.25. The predicted octanol–water partition coefficient (Wildman–Crippen LogP) is 1.47. The number of rotatable bonds is 1. The van der Waals surface area contributed by atoms with Crippen LogP contribution in [-0.4, -0.2) is 20.6 Å². The highest BCUT2D eigenvalue weighted by Gasteiger charge is 2.26. The van der Waals surface area contributed by atoms with Crippen molar-refractivity contribution in [3.63, 3.8) is 0 Å². The van der Waals surface area contributed by atoms with E-state index in [1.54, 1.807) is 10.9 Å². The molecule has 0 atom stereocenters. The summed E-state index contributed by atoms with van der Waals surface area (Å²) in [4.78, 5) is 14.3. The highest BCUT2D eigenvalue weighted by molar-refractivity contribution is 5.95. The largest absolute Gasteiger partial charge is 0.399 e. The van der Waals surface area contributed by atoms with E-state index in [0.29, 0.717) is 18.7 Å². The van der Waals surface area contributed by atoms with Crippen LogP contribution in [0.4, 0.5) is 5.69 Å². The van der Waals surface area contributed by atoms with Gasteiger partial charge in [0.2, 0.25) is 0 Å². The Balaban J connectivity index is 1.87. The third-order valence-corrected chi connectivity index (χ3v) is 3.48. The van der Waals surface area contributed by atoms with Crippen molar-refractivity contribution in [2.45, 2.75) is 20.0 Å². The van der Waals surface area contributed by atoms with E-state index in [1.165, 1.54) is 5.56 Å². The first-order valence-electron chi connectivity index (χ1n) is 6.21. The number of carbonyl (C=O) groups excluding carboxylic acids is 1. The van der Waals surface area contributed by atoms with Crippen LogP contribution in [0.15, 0.2) is 24.4 Å². The molecule has 2 aromatic rings. The first-order valence-corrected chi connectivity index (χ1v) is 6.21. The van der Waals surface area contributed by atoms with Gasteiger partial charge in [0.15, 0.2) is 0 Å². The van der Waals surface area contributed by atoms with Crippen molar-refractivity contribution < 1.29 is 4.79 Å². The molecule has 2 heterocycles. The third kappa shape index (κ3) is 1.97. The second-order valence-electron chi connectivity index (χ2n) is 4.99. The molecule has 1 aliphatic heterocycles. The van der Waals surface area contributed by atoms with Crippen LogP contribution in [0.25, 0.3) is 0 Å². The zero-order chi connectivity index (χ0) is 13.6. The van der Waals surface area contributed by atoms with Crippen molar-refractivity contribution in [1.29, 1.82) is 0 Å². The summed E-state index contributed by atoms with van der Waals surface area (Å²) in [5, 5.41) is 4.22. The zero-order valence-electron chi connectivity index (χ0n) is 11.1. The maximum atomic E-state index is 12.5. The van der Waals surface area contributed by atoms with E-state index in [0.717, 1.165) is 16.9 Å². The highest BCUT2D eigenvalue weighted by atomic mass is 16.2. The number of aromatic nitrogens is 2. The van der Waals surface area contributed by atoms with Crippen molar-refractivity contribution >= 4 is 11.6 Å². The van der Waals surface area contributed by atoms with Gasteiger partial charge in [0.25, 0.3) is 5.91 Å². The number of fused-ring (bicyclic) bond motifs is 1. The Labute approximate surface area is 111 Å². The number of anilines is 1. The number of carbonyl (C=O) groups is 1. The van der Waals surface area contributed by atoms with Gasteiger partial charge in [0, 0.05) is 32.0 Å². The molecule has 1 aliphatic rings. The fourth-order valence-electron chi connectivity index (χ4n) is 2.54. The molecule has 0 spiro atoms. The second-order valence-corrected chi connectivity index (χ2v) is 4.99. The number of nitrogens with zero attached hydrogens (tertiary/aromatic N) is 3. The van der Waals surface area contributed by atoms with Gasteiger partial charge in [-0.3, -0.25) is 9.48 Å².